The Morgan fingerprint density at radius 2 is 1.85 bits per heavy atom. The van der Waals surface area contributed by atoms with Crippen LogP contribution in [0.5, 0.6) is 5.75 Å². The average Bonchev–Trinajstić information content (AvgIpc) is 3.32. The summed E-state index contributed by atoms with van der Waals surface area (Å²) in [6.45, 7) is 0.674. The Balaban J connectivity index is 1.51. The fraction of sp³-hybridized carbons (Fsp3) is 0.333. The first-order valence-corrected chi connectivity index (χ1v) is 13.7. The van der Waals surface area contributed by atoms with Crippen LogP contribution in [0.1, 0.15) is 29.6 Å². The number of nitrogens with zero attached hydrogens (tertiary/aromatic N) is 2. The first-order valence-electron chi connectivity index (χ1n) is 12.2. The number of fused-ring (bicyclic) bond motifs is 1. The molecule has 3 aromatic rings. The van der Waals surface area contributed by atoms with Gasteiger partial charge < -0.3 is 24.4 Å². The van der Waals surface area contributed by atoms with E-state index in [-0.39, 0.29) is 42.7 Å². The van der Waals surface area contributed by atoms with E-state index in [2.05, 4.69) is 0 Å². The minimum atomic E-state index is -3.94. The van der Waals surface area contributed by atoms with Gasteiger partial charge in [-0.25, -0.2) is 13.2 Å². The summed E-state index contributed by atoms with van der Waals surface area (Å²) in [6, 6.07) is 13.2. The molecular weight excluding hydrogens is 528 g/mol. The van der Waals surface area contributed by atoms with Crippen LogP contribution in [0.15, 0.2) is 71.5 Å². The lowest BCUT2D eigenvalue weighted by Crippen LogP contribution is -2.37. The predicted octanol–water partition coefficient (Wildman–Crippen LogP) is 2.81. The molecule has 208 valence electrons. The van der Waals surface area contributed by atoms with Gasteiger partial charge in [-0.05, 0) is 42.0 Å². The van der Waals surface area contributed by atoms with Crippen molar-refractivity contribution in [2.24, 2.45) is 0 Å². The Morgan fingerprint density at radius 3 is 2.49 bits per heavy atom. The SMILES string of the molecule is COc1ccc(S(=O)(=O)N(CCO)CCO[C@H]2C[C@@H](c3cn(C(C)=O)c4ccccc34)C=C(C(=O)O)O2)cc1. The van der Waals surface area contributed by atoms with Crippen LogP contribution < -0.4 is 4.74 Å². The molecule has 1 aromatic heterocycles. The van der Waals surface area contributed by atoms with Gasteiger partial charge in [0, 0.05) is 43.9 Å². The number of methoxy groups -OCH3 is 1. The third-order valence-electron chi connectivity index (χ3n) is 6.44. The molecule has 0 fully saturated rings. The minimum absolute atomic E-state index is 0.0312. The number of rotatable bonds is 11. The van der Waals surface area contributed by atoms with Crippen LogP contribution in [0.3, 0.4) is 0 Å². The summed E-state index contributed by atoms with van der Waals surface area (Å²) in [5, 5.41) is 19.9. The fourth-order valence-corrected chi connectivity index (χ4v) is 5.95. The molecule has 1 aliphatic rings. The van der Waals surface area contributed by atoms with E-state index in [1.807, 2.05) is 24.3 Å². The van der Waals surface area contributed by atoms with Crippen LogP contribution in [-0.2, 0) is 24.3 Å². The summed E-state index contributed by atoms with van der Waals surface area (Å²) >= 11 is 0. The third kappa shape index (κ3) is 6.14. The summed E-state index contributed by atoms with van der Waals surface area (Å²) in [7, 11) is -2.47. The van der Waals surface area contributed by atoms with Crippen molar-refractivity contribution in [1.82, 2.24) is 8.87 Å². The zero-order valence-electron chi connectivity index (χ0n) is 21.5. The number of aromatic nitrogens is 1. The Bertz CT molecular complexity index is 1480. The van der Waals surface area contributed by atoms with Gasteiger partial charge in [-0.15, -0.1) is 0 Å². The van der Waals surface area contributed by atoms with Gasteiger partial charge in [-0.1, -0.05) is 18.2 Å². The van der Waals surface area contributed by atoms with Crippen molar-refractivity contribution in [1.29, 1.82) is 0 Å². The van der Waals surface area contributed by atoms with Gasteiger partial charge in [0.2, 0.25) is 28.0 Å². The van der Waals surface area contributed by atoms with E-state index in [1.54, 1.807) is 6.20 Å². The van der Waals surface area contributed by atoms with Crippen molar-refractivity contribution >= 4 is 32.8 Å². The molecule has 11 nitrogen and oxygen atoms in total. The Hall–Kier alpha value is -3.71. The van der Waals surface area contributed by atoms with Crippen LogP contribution in [0, 0.1) is 0 Å². The molecule has 0 bridgehead atoms. The van der Waals surface area contributed by atoms with E-state index in [4.69, 9.17) is 14.2 Å². The first-order chi connectivity index (χ1) is 18.6. The summed E-state index contributed by atoms with van der Waals surface area (Å²) < 4.78 is 45.3. The molecule has 0 radical (unpaired) electrons. The molecule has 0 unspecified atom stereocenters. The monoisotopic (exact) mass is 558 g/mol. The number of benzene rings is 2. The van der Waals surface area contributed by atoms with E-state index in [0.29, 0.717) is 11.3 Å². The van der Waals surface area contributed by atoms with Crippen LogP contribution in [0.2, 0.25) is 0 Å². The number of hydrogen-bond acceptors (Lipinski definition) is 8. The number of aliphatic hydroxyl groups excluding tert-OH is 1. The fourth-order valence-electron chi connectivity index (χ4n) is 4.54. The lowest BCUT2D eigenvalue weighted by molar-refractivity contribution is -0.157. The highest BCUT2D eigenvalue weighted by Crippen LogP contribution is 2.36. The number of para-hydroxylation sites is 1. The summed E-state index contributed by atoms with van der Waals surface area (Å²) in [5.41, 5.74) is 1.46. The van der Waals surface area contributed by atoms with E-state index in [1.165, 1.54) is 48.9 Å². The Kier molecular flexibility index (Phi) is 8.70. The van der Waals surface area contributed by atoms with Gasteiger partial charge in [0.05, 0.1) is 30.7 Å². The molecule has 1 aliphatic heterocycles. The van der Waals surface area contributed by atoms with Gasteiger partial charge in [-0.2, -0.15) is 4.31 Å². The van der Waals surface area contributed by atoms with E-state index in [0.717, 1.165) is 15.3 Å². The topological polar surface area (TPSA) is 145 Å². The second-order valence-corrected chi connectivity index (χ2v) is 10.8. The summed E-state index contributed by atoms with van der Waals surface area (Å²) in [4.78, 5) is 24.0. The van der Waals surface area contributed by atoms with Gasteiger partial charge in [0.15, 0.2) is 0 Å². The van der Waals surface area contributed by atoms with Crippen molar-refractivity contribution < 1.29 is 42.4 Å². The predicted molar refractivity (Wildman–Crippen MR) is 141 cm³/mol. The van der Waals surface area contributed by atoms with Crippen molar-refractivity contribution in [3.8, 4) is 5.75 Å². The van der Waals surface area contributed by atoms with Gasteiger partial charge in [0.1, 0.15) is 5.75 Å². The quantitative estimate of drug-likeness (QED) is 0.363. The molecule has 4 rings (SSSR count). The molecule has 0 amide bonds. The van der Waals surface area contributed by atoms with Gasteiger partial charge in [-0.3, -0.25) is 9.36 Å². The van der Waals surface area contributed by atoms with Crippen molar-refractivity contribution in [3.05, 3.63) is 72.1 Å². The molecule has 2 aromatic carbocycles. The normalized spacial score (nSPS) is 17.6. The summed E-state index contributed by atoms with van der Waals surface area (Å²) in [6.07, 6.45) is 2.44. The number of carboxylic acids is 1. The zero-order chi connectivity index (χ0) is 28.2. The maximum atomic E-state index is 13.1. The Morgan fingerprint density at radius 1 is 1.13 bits per heavy atom. The minimum Gasteiger partial charge on any atom is -0.497 e. The molecule has 39 heavy (non-hydrogen) atoms. The maximum absolute atomic E-state index is 13.1. The highest BCUT2D eigenvalue weighted by Gasteiger charge is 2.31. The zero-order valence-corrected chi connectivity index (χ0v) is 22.3. The first kappa shape index (κ1) is 28.3. The molecule has 2 heterocycles. The number of carboxylic acid groups (broad SMARTS) is 1. The van der Waals surface area contributed by atoms with Gasteiger partial charge >= 0.3 is 5.97 Å². The van der Waals surface area contributed by atoms with E-state index in [9.17, 15) is 28.2 Å². The third-order valence-corrected chi connectivity index (χ3v) is 8.35. The maximum Gasteiger partial charge on any atom is 0.370 e. The van der Waals surface area contributed by atoms with Crippen LogP contribution in [0.4, 0.5) is 0 Å². The van der Waals surface area contributed by atoms with Crippen LogP contribution in [-0.4, -0.2) is 79.1 Å². The van der Waals surface area contributed by atoms with Crippen molar-refractivity contribution in [2.75, 3.05) is 33.4 Å². The second kappa shape index (κ2) is 12.0. The smallest absolute Gasteiger partial charge is 0.370 e. The lowest BCUT2D eigenvalue weighted by atomic mass is 9.92. The van der Waals surface area contributed by atoms with Crippen molar-refractivity contribution in [2.45, 2.75) is 30.4 Å². The molecule has 2 atom stereocenters. The number of hydrogen-bond donors (Lipinski definition) is 2. The molecule has 12 heteroatoms. The molecular formula is C27H30N2O9S. The standard InChI is InChI=1S/C27H30N2O9S/c1-18(31)29-17-23(22-5-3-4-6-24(22)29)19-15-25(27(32)33)38-26(16-19)37-14-12-28(11-13-30)39(34,35)21-9-7-20(36-2)8-10-21/h3-10,15,17,19,26,30H,11-14,16H2,1-2H3,(H,32,33)/t19-,26+/m0/s1. The van der Waals surface area contributed by atoms with E-state index < -0.39 is 34.8 Å². The van der Waals surface area contributed by atoms with E-state index >= 15 is 0 Å². The Labute approximate surface area is 225 Å². The summed E-state index contributed by atoms with van der Waals surface area (Å²) in [5.74, 6) is -1.68. The lowest BCUT2D eigenvalue weighted by Gasteiger charge is -2.29. The number of aliphatic hydroxyl groups is 1. The molecule has 0 spiro atoms. The molecule has 0 saturated heterocycles. The number of carbonyl (C=O) groups is 2. The largest absolute Gasteiger partial charge is 0.497 e. The molecule has 0 saturated carbocycles. The number of aliphatic carboxylic acids is 1. The second-order valence-electron chi connectivity index (χ2n) is 8.89. The van der Waals surface area contributed by atoms with Crippen LogP contribution >= 0.6 is 0 Å². The molecule has 0 aliphatic carbocycles. The molecule has 2 N–H and O–H groups in total. The number of carbonyl (C=O) groups excluding carboxylic acids is 1. The van der Waals surface area contributed by atoms with Crippen molar-refractivity contribution in [3.63, 3.8) is 0 Å². The van der Waals surface area contributed by atoms with Crippen LogP contribution in [0.25, 0.3) is 10.9 Å². The van der Waals surface area contributed by atoms with Gasteiger partial charge in [0.25, 0.3) is 0 Å². The number of ether oxygens (including phenoxy) is 3. The highest BCUT2D eigenvalue weighted by atomic mass is 32.2. The highest BCUT2D eigenvalue weighted by molar-refractivity contribution is 7.89. The number of sulfonamides is 1. The average molecular weight is 559 g/mol. The number of allylic oxidation sites excluding steroid dienone is 1.